The van der Waals surface area contributed by atoms with Crippen LogP contribution in [0, 0.1) is 0 Å². The summed E-state index contributed by atoms with van der Waals surface area (Å²) in [5, 5.41) is 6.19. The Balaban J connectivity index is 0.00000302. The average molecular weight is 952 g/mol. The second-order valence-electron chi connectivity index (χ2n) is 20.8. The molecule has 2 aliphatic rings. The molecule has 8 rings (SSSR count). The first-order valence-corrected chi connectivity index (χ1v) is 25.5. The zero-order chi connectivity index (χ0) is 41.7. The van der Waals surface area contributed by atoms with E-state index in [9.17, 15) is 0 Å². The van der Waals surface area contributed by atoms with Crippen LogP contribution in [0.5, 0.6) is 0 Å². The van der Waals surface area contributed by atoms with Crippen LogP contribution in [0.2, 0.25) is 10.0 Å². The maximum Gasteiger partial charge on any atom is -1.00 e. The summed E-state index contributed by atoms with van der Waals surface area (Å²) in [6.45, 7) is 29.0. The molecule has 0 fully saturated rings. The van der Waals surface area contributed by atoms with Crippen molar-refractivity contribution in [3.8, 4) is 11.1 Å². The molecule has 0 spiro atoms. The molecule has 5 heteroatoms. The third kappa shape index (κ3) is 8.26. The predicted molar refractivity (Wildman–Crippen MR) is 252 cm³/mol. The van der Waals surface area contributed by atoms with Gasteiger partial charge in [0.15, 0.2) is 0 Å². The molecule has 0 saturated carbocycles. The number of fused-ring (bicyclic) bond motifs is 5. The van der Waals surface area contributed by atoms with Gasteiger partial charge in [-0.1, -0.05) is 0 Å². The summed E-state index contributed by atoms with van der Waals surface area (Å²) in [7, 11) is 0. The normalized spacial score (nSPS) is 13.7. The van der Waals surface area contributed by atoms with Crippen molar-refractivity contribution in [2.24, 2.45) is 0 Å². The van der Waals surface area contributed by atoms with Crippen LogP contribution in [-0.4, -0.2) is 3.21 Å². The largest absolute Gasteiger partial charge is 1.00 e. The molecule has 60 heavy (non-hydrogen) atoms. The molecule has 0 aliphatic heterocycles. The predicted octanol–water partition coefficient (Wildman–Crippen LogP) is 9.43. The van der Waals surface area contributed by atoms with Crippen molar-refractivity contribution in [3.05, 3.63) is 167 Å². The van der Waals surface area contributed by atoms with Gasteiger partial charge >= 0.3 is 368 Å². The molecule has 6 aromatic rings. The molecule has 0 amide bonds. The van der Waals surface area contributed by atoms with Gasteiger partial charge in [0.2, 0.25) is 0 Å². The average Bonchev–Trinajstić information content (AvgIpc) is 3.80. The van der Waals surface area contributed by atoms with Crippen molar-refractivity contribution in [2.45, 2.75) is 118 Å². The first kappa shape index (κ1) is 46.7. The number of hydrogen-bond acceptors (Lipinski definition) is 0. The molecular formula is C55H58Cl4Zr. The molecule has 0 nitrogen and oxygen atoms in total. The summed E-state index contributed by atoms with van der Waals surface area (Å²) in [6.07, 6.45) is 9.12. The van der Waals surface area contributed by atoms with Crippen molar-refractivity contribution < 1.29 is 46.1 Å². The molecule has 2 aliphatic carbocycles. The molecular weight excluding hydrogens is 894 g/mol. The summed E-state index contributed by atoms with van der Waals surface area (Å²) < 4.78 is 4.76. The molecule has 310 valence electrons. The fourth-order valence-corrected chi connectivity index (χ4v) is 19.4. The molecule has 0 saturated heterocycles. The van der Waals surface area contributed by atoms with Crippen LogP contribution < -0.4 is 28.1 Å². The Morgan fingerprint density at radius 1 is 0.533 bits per heavy atom. The zero-order valence-electron chi connectivity index (χ0n) is 37.3. The number of allylic oxidation sites excluding steroid dienone is 4. The second-order valence-corrected chi connectivity index (χ2v) is 27.5. The van der Waals surface area contributed by atoms with Crippen molar-refractivity contribution in [2.75, 3.05) is 0 Å². The fourth-order valence-electron chi connectivity index (χ4n) is 9.74. The first-order valence-electron chi connectivity index (χ1n) is 21.0. The number of benzene rings is 6. The van der Waals surface area contributed by atoms with Gasteiger partial charge in [0, 0.05) is 0 Å². The minimum absolute atomic E-state index is 0. The van der Waals surface area contributed by atoms with E-state index in [0.717, 1.165) is 33.7 Å². The Bertz CT molecular complexity index is 2680. The van der Waals surface area contributed by atoms with E-state index >= 15 is 0 Å². The molecule has 0 unspecified atom stereocenters. The van der Waals surface area contributed by atoms with Crippen LogP contribution in [0.25, 0.3) is 32.7 Å². The maximum absolute atomic E-state index is 7.06. The van der Waals surface area contributed by atoms with Crippen molar-refractivity contribution in [1.29, 1.82) is 0 Å². The van der Waals surface area contributed by atoms with Crippen LogP contribution in [0.1, 0.15) is 134 Å². The molecule has 0 bridgehead atoms. The quantitative estimate of drug-likeness (QED) is 0.165. The van der Waals surface area contributed by atoms with Gasteiger partial charge in [-0.3, -0.25) is 0 Å². The SMILES string of the molecule is CC(C)(C)c1cc2c(cc1C(C)(C)C)-c1cc(C(C)(C)C)c(C(C)(C)C)[c]([Zr+2]([C]3=CC=CC3)=[C](c3cccc4c(Cl)cccc34)c3cccc4c(Cl)cccc34)c1C2.[Cl-].[Cl-]. The van der Waals surface area contributed by atoms with Gasteiger partial charge in [-0.2, -0.15) is 0 Å². The van der Waals surface area contributed by atoms with Crippen molar-refractivity contribution >= 4 is 51.2 Å². The Labute approximate surface area is 389 Å². The van der Waals surface area contributed by atoms with E-state index in [2.05, 4.69) is 180 Å². The minimum Gasteiger partial charge on any atom is -1.00 e. The van der Waals surface area contributed by atoms with Gasteiger partial charge < -0.3 is 24.8 Å². The van der Waals surface area contributed by atoms with Gasteiger partial charge in [0.1, 0.15) is 0 Å². The van der Waals surface area contributed by atoms with Crippen LogP contribution >= 0.6 is 23.2 Å². The maximum atomic E-state index is 7.06. The molecule has 0 N–H and O–H groups in total. The Kier molecular flexibility index (Phi) is 13.0. The first-order chi connectivity index (χ1) is 27.2. The molecule has 0 radical (unpaired) electrons. The minimum atomic E-state index is -3.28. The third-order valence-electron chi connectivity index (χ3n) is 12.4. The Morgan fingerprint density at radius 2 is 1.00 bits per heavy atom. The van der Waals surface area contributed by atoms with E-state index in [4.69, 9.17) is 23.2 Å². The van der Waals surface area contributed by atoms with Crippen molar-refractivity contribution in [1.82, 2.24) is 0 Å². The van der Waals surface area contributed by atoms with Crippen LogP contribution in [0.3, 0.4) is 0 Å². The third-order valence-corrected chi connectivity index (χ3v) is 20.7. The molecule has 0 atom stereocenters. The topological polar surface area (TPSA) is 0 Å². The van der Waals surface area contributed by atoms with Gasteiger partial charge in [-0.05, 0) is 0 Å². The van der Waals surface area contributed by atoms with E-state index < -0.39 is 21.3 Å². The monoisotopic (exact) mass is 948 g/mol. The summed E-state index contributed by atoms with van der Waals surface area (Å²) in [4.78, 5) is 0. The number of halogens is 4. The second kappa shape index (κ2) is 16.7. The summed E-state index contributed by atoms with van der Waals surface area (Å²) in [6, 6.07) is 34.3. The van der Waals surface area contributed by atoms with Gasteiger partial charge in [-0.15, -0.1) is 0 Å². The summed E-state index contributed by atoms with van der Waals surface area (Å²) >= 11 is 10.8. The van der Waals surface area contributed by atoms with Gasteiger partial charge in [-0.25, -0.2) is 0 Å². The molecule has 6 aromatic carbocycles. The van der Waals surface area contributed by atoms with E-state index in [-0.39, 0.29) is 46.5 Å². The number of rotatable bonds is 4. The van der Waals surface area contributed by atoms with E-state index in [1.54, 1.807) is 17.7 Å². The van der Waals surface area contributed by atoms with Gasteiger partial charge in [0.05, 0.1) is 0 Å². The van der Waals surface area contributed by atoms with E-state index in [1.165, 1.54) is 58.5 Å². The van der Waals surface area contributed by atoms with Crippen LogP contribution in [-0.2, 0) is 49.3 Å². The standard InChI is InChI=1S/C29H41.C21H12Cl2.C5H5.2ClH.Zr/c1-26(2,3)22-14-18-13-19-15-23(27(4,5)6)25(29(10,11)12)17-21(19)20(18)16-24(22)28(7,8)9;22-20-11-3-7-16-14(5-1-9-18(16)20)13-15-6-2-10-19-17(15)8-4-12-21(19)23;1-2-4-5-3-1;;;/h14,16-17H,13H2,1-12H3;1-12H;1-3H,4H2;2*1H;/q;;;;;+2/p-2. The summed E-state index contributed by atoms with van der Waals surface area (Å²) in [5.41, 5.74) is 14.3. The van der Waals surface area contributed by atoms with Crippen LogP contribution in [0.4, 0.5) is 0 Å². The van der Waals surface area contributed by atoms with Crippen LogP contribution in [0.15, 0.2) is 113 Å². The fraction of sp³-hybridized carbons (Fsp3) is 0.327. The number of hydrogen-bond donors (Lipinski definition) is 0. The molecule has 0 heterocycles. The molecule has 0 aromatic heterocycles. The summed E-state index contributed by atoms with van der Waals surface area (Å²) in [5.74, 6) is 0. The Morgan fingerprint density at radius 3 is 1.47 bits per heavy atom. The zero-order valence-corrected chi connectivity index (χ0v) is 42.8. The van der Waals surface area contributed by atoms with E-state index in [0.29, 0.717) is 0 Å². The Hall–Kier alpha value is -2.77. The van der Waals surface area contributed by atoms with E-state index in [1.807, 2.05) is 12.1 Å². The van der Waals surface area contributed by atoms with Crippen molar-refractivity contribution in [3.63, 3.8) is 0 Å². The smallest absolute Gasteiger partial charge is 1.00 e. The van der Waals surface area contributed by atoms with Gasteiger partial charge in [0.25, 0.3) is 0 Å².